The highest BCUT2D eigenvalue weighted by Crippen LogP contribution is 2.23. The monoisotopic (exact) mass is 337 g/mol. The quantitative estimate of drug-likeness (QED) is 0.774. The lowest BCUT2D eigenvalue weighted by Crippen LogP contribution is -2.33. The van der Waals surface area contributed by atoms with Crippen molar-refractivity contribution in [1.82, 2.24) is 5.32 Å². The highest BCUT2D eigenvalue weighted by Gasteiger charge is 2.11. The van der Waals surface area contributed by atoms with Crippen LogP contribution in [-0.4, -0.2) is 12.6 Å². The van der Waals surface area contributed by atoms with Gasteiger partial charge in [-0.25, -0.2) is 0 Å². The van der Waals surface area contributed by atoms with E-state index in [0.717, 1.165) is 19.4 Å². The summed E-state index contributed by atoms with van der Waals surface area (Å²) in [5, 5.41) is 3.67. The average molecular weight is 338 g/mol. The Bertz CT molecular complexity index is 481. The van der Waals surface area contributed by atoms with E-state index in [1.54, 1.807) is 0 Å². The van der Waals surface area contributed by atoms with Gasteiger partial charge in [-0.05, 0) is 59.4 Å². The van der Waals surface area contributed by atoms with E-state index in [4.69, 9.17) is 0 Å². The Hall–Kier alpha value is -0.640. The van der Waals surface area contributed by atoms with Gasteiger partial charge in [-0.3, -0.25) is 0 Å². The summed E-state index contributed by atoms with van der Waals surface area (Å²) in [5.41, 5.74) is 1.41. The molecule has 3 heteroatoms. The number of hydrogen-bond donors (Lipinski definition) is 1. The van der Waals surface area contributed by atoms with Crippen LogP contribution in [0.15, 0.2) is 46.3 Å². The largest absolute Gasteiger partial charge is 0.313 e. The van der Waals surface area contributed by atoms with Gasteiger partial charge in [0.2, 0.25) is 0 Å². The first-order chi connectivity index (χ1) is 9.28. The first kappa shape index (κ1) is 14.8. The molecule has 1 aromatic carbocycles. The third-order valence-electron chi connectivity index (χ3n) is 3.08. The van der Waals surface area contributed by atoms with Crippen LogP contribution in [0.25, 0.3) is 0 Å². The number of halogens is 1. The van der Waals surface area contributed by atoms with Crippen LogP contribution in [0.3, 0.4) is 0 Å². The molecule has 1 N–H and O–H groups in total. The first-order valence-corrected chi connectivity index (χ1v) is 8.40. The van der Waals surface area contributed by atoms with Crippen LogP contribution in [0.2, 0.25) is 0 Å². The molecule has 1 atom stereocenters. The molecule has 0 bridgehead atoms. The van der Waals surface area contributed by atoms with Crippen molar-refractivity contribution in [2.45, 2.75) is 32.2 Å². The van der Waals surface area contributed by atoms with Crippen LogP contribution in [0, 0.1) is 0 Å². The van der Waals surface area contributed by atoms with Crippen molar-refractivity contribution in [2.75, 3.05) is 6.54 Å². The summed E-state index contributed by atoms with van der Waals surface area (Å²) < 4.78 is 1.22. The Morgan fingerprint density at radius 2 is 1.89 bits per heavy atom. The maximum absolute atomic E-state index is 3.67. The van der Waals surface area contributed by atoms with Gasteiger partial charge in [-0.1, -0.05) is 37.3 Å². The summed E-state index contributed by atoms with van der Waals surface area (Å²) in [6.45, 7) is 3.30. The number of thiophene rings is 1. The second-order valence-corrected chi connectivity index (χ2v) is 7.30. The van der Waals surface area contributed by atoms with Gasteiger partial charge in [0.1, 0.15) is 0 Å². The summed E-state index contributed by atoms with van der Waals surface area (Å²) in [7, 11) is 0. The number of nitrogens with one attached hydrogen (secondary N) is 1. The van der Waals surface area contributed by atoms with E-state index in [9.17, 15) is 0 Å². The van der Waals surface area contributed by atoms with Crippen molar-refractivity contribution in [3.63, 3.8) is 0 Å². The zero-order valence-electron chi connectivity index (χ0n) is 11.2. The van der Waals surface area contributed by atoms with Gasteiger partial charge in [-0.15, -0.1) is 11.3 Å². The van der Waals surface area contributed by atoms with Gasteiger partial charge in [0.15, 0.2) is 0 Å². The second kappa shape index (κ2) is 7.83. The van der Waals surface area contributed by atoms with Crippen LogP contribution < -0.4 is 5.32 Å². The Morgan fingerprint density at radius 1 is 1.11 bits per heavy atom. The summed E-state index contributed by atoms with van der Waals surface area (Å²) in [5.74, 6) is 0. The molecule has 2 rings (SSSR count). The predicted molar refractivity (Wildman–Crippen MR) is 88.0 cm³/mol. The van der Waals surface area contributed by atoms with Crippen molar-refractivity contribution in [3.8, 4) is 0 Å². The third-order valence-corrected chi connectivity index (χ3v) is 4.73. The number of benzene rings is 1. The molecule has 0 saturated carbocycles. The molecule has 1 aromatic heterocycles. The molecular formula is C16H20BrNS. The molecule has 0 aliphatic heterocycles. The lowest BCUT2D eigenvalue weighted by atomic mass is 10.0. The van der Waals surface area contributed by atoms with Crippen molar-refractivity contribution in [2.24, 2.45) is 0 Å². The Morgan fingerprint density at radius 3 is 2.53 bits per heavy atom. The van der Waals surface area contributed by atoms with Crippen molar-refractivity contribution < 1.29 is 0 Å². The maximum atomic E-state index is 3.67. The molecule has 0 radical (unpaired) electrons. The standard InChI is InChI=1S/C16H20BrNS/c1-2-10-18-14(11-13-6-4-3-5-7-13)12-15-8-9-16(17)19-15/h3-9,14,18H,2,10-12H2,1H3. The topological polar surface area (TPSA) is 12.0 Å². The molecule has 2 aromatic rings. The lowest BCUT2D eigenvalue weighted by Gasteiger charge is -2.18. The highest BCUT2D eigenvalue weighted by molar-refractivity contribution is 9.11. The van der Waals surface area contributed by atoms with Crippen LogP contribution in [0.1, 0.15) is 23.8 Å². The molecule has 19 heavy (non-hydrogen) atoms. The van der Waals surface area contributed by atoms with Gasteiger partial charge < -0.3 is 5.32 Å². The van der Waals surface area contributed by atoms with Gasteiger partial charge in [0.25, 0.3) is 0 Å². The minimum Gasteiger partial charge on any atom is -0.313 e. The fraction of sp³-hybridized carbons (Fsp3) is 0.375. The smallest absolute Gasteiger partial charge is 0.0701 e. The zero-order chi connectivity index (χ0) is 13.5. The number of hydrogen-bond acceptors (Lipinski definition) is 2. The second-order valence-electron chi connectivity index (χ2n) is 4.75. The average Bonchev–Trinajstić information content (AvgIpc) is 2.82. The minimum atomic E-state index is 0.521. The van der Waals surface area contributed by atoms with E-state index in [1.165, 1.54) is 20.6 Å². The zero-order valence-corrected chi connectivity index (χ0v) is 13.6. The van der Waals surface area contributed by atoms with E-state index in [-0.39, 0.29) is 0 Å². The normalized spacial score (nSPS) is 12.5. The molecular weight excluding hydrogens is 318 g/mol. The Labute approximate surface area is 128 Å². The molecule has 0 aliphatic carbocycles. The molecule has 0 fully saturated rings. The minimum absolute atomic E-state index is 0.521. The lowest BCUT2D eigenvalue weighted by molar-refractivity contribution is 0.507. The Kier molecular flexibility index (Phi) is 6.08. The molecule has 0 spiro atoms. The summed E-state index contributed by atoms with van der Waals surface area (Å²) in [6.07, 6.45) is 3.38. The van der Waals surface area contributed by atoms with Crippen molar-refractivity contribution in [3.05, 3.63) is 56.7 Å². The van der Waals surface area contributed by atoms with Crippen molar-refractivity contribution in [1.29, 1.82) is 0 Å². The molecule has 1 heterocycles. The fourth-order valence-electron chi connectivity index (χ4n) is 2.17. The number of rotatable bonds is 7. The van der Waals surface area contributed by atoms with E-state index >= 15 is 0 Å². The summed E-state index contributed by atoms with van der Waals surface area (Å²) >= 11 is 5.38. The third kappa shape index (κ3) is 5.09. The van der Waals surface area contributed by atoms with E-state index in [1.807, 2.05) is 11.3 Å². The van der Waals surface area contributed by atoms with E-state index in [2.05, 4.69) is 70.6 Å². The summed E-state index contributed by atoms with van der Waals surface area (Å²) in [6, 6.07) is 15.6. The van der Waals surface area contributed by atoms with Crippen molar-refractivity contribution >= 4 is 27.3 Å². The van der Waals surface area contributed by atoms with Crippen LogP contribution in [0.4, 0.5) is 0 Å². The van der Waals surface area contributed by atoms with Gasteiger partial charge in [0.05, 0.1) is 3.79 Å². The van der Waals surface area contributed by atoms with Crippen LogP contribution >= 0.6 is 27.3 Å². The molecule has 0 amide bonds. The summed E-state index contributed by atoms with van der Waals surface area (Å²) in [4.78, 5) is 1.44. The first-order valence-electron chi connectivity index (χ1n) is 6.79. The Balaban J connectivity index is 1.99. The molecule has 1 nitrogen and oxygen atoms in total. The molecule has 0 saturated heterocycles. The maximum Gasteiger partial charge on any atom is 0.0701 e. The van der Waals surface area contributed by atoms with Gasteiger partial charge >= 0.3 is 0 Å². The van der Waals surface area contributed by atoms with E-state index < -0.39 is 0 Å². The van der Waals surface area contributed by atoms with Gasteiger partial charge in [0, 0.05) is 10.9 Å². The fourth-order valence-corrected chi connectivity index (χ4v) is 3.73. The highest BCUT2D eigenvalue weighted by atomic mass is 79.9. The predicted octanol–water partition coefficient (Wildman–Crippen LogP) is 4.66. The molecule has 1 unspecified atom stereocenters. The van der Waals surface area contributed by atoms with Crippen LogP contribution in [0.5, 0.6) is 0 Å². The van der Waals surface area contributed by atoms with Crippen LogP contribution in [-0.2, 0) is 12.8 Å². The molecule has 102 valence electrons. The van der Waals surface area contributed by atoms with E-state index in [0.29, 0.717) is 6.04 Å². The molecule has 0 aliphatic rings. The van der Waals surface area contributed by atoms with Gasteiger partial charge in [-0.2, -0.15) is 0 Å². The SMILES string of the molecule is CCCNC(Cc1ccccc1)Cc1ccc(Br)s1.